The molecule has 82 valence electrons. The van der Waals surface area contributed by atoms with Crippen molar-refractivity contribution in [1.82, 2.24) is 5.32 Å². The smallest absolute Gasteiger partial charge is 0.151 e. The van der Waals surface area contributed by atoms with Gasteiger partial charge in [-0.25, -0.2) is 8.42 Å². The summed E-state index contributed by atoms with van der Waals surface area (Å²) in [7, 11) is -2.74. The van der Waals surface area contributed by atoms with E-state index < -0.39 is 9.84 Å². The summed E-state index contributed by atoms with van der Waals surface area (Å²) in [6.45, 7) is 3.25. The summed E-state index contributed by atoms with van der Waals surface area (Å²) in [5.74, 6) is 0.742. The molecule has 1 saturated heterocycles. The van der Waals surface area contributed by atoms with E-state index in [1.165, 1.54) is 12.8 Å². The molecule has 0 radical (unpaired) electrons. The summed E-state index contributed by atoms with van der Waals surface area (Å²) in [4.78, 5) is 0. The van der Waals surface area contributed by atoms with Gasteiger partial charge in [0.15, 0.2) is 9.84 Å². The minimum atomic E-state index is -2.74. The lowest BCUT2D eigenvalue weighted by Gasteiger charge is -2.24. The Labute approximate surface area is 86.2 Å². The van der Waals surface area contributed by atoms with E-state index in [2.05, 4.69) is 12.2 Å². The first kappa shape index (κ1) is 10.4. The Morgan fingerprint density at radius 3 is 2.71 bits per heavy atom. The molecule has 3 nitrogen and oxygen atoms in total. The Morgan fingerprint density at radius 1 is 1.43 bits per heavy atom. The lowest BCUT2D eigenvalue weighted by Crippen LogP contribution is -2.42. The van der Waals surface area contributed by atoms with Gasteiger partial charge < -0.3 is 5.32 Å². The standard InChI is InChI=1S/C10H19NO2S/c1-10(4-5-10)8-11-9-3-2-6-14(12,13)7-9/h9,11H,2-8H2,1H3. The van der Waals surface area contributed by atoms with Gasteiger partial charge in [0.2, 0.25) is 0 Å². The van der Waals surface area contributed by atoms with E-state index in [9.17, 15) is 8.42 Å². The second kappa shape index (κ2) is 3.49. The van der Waals surface area contributed by atoms with Crippen LogP contribution in [-0.4, -0.2) is 32.5 Å². The fourth-order valence-corrected chi connectivity index (χ4v) is 3.64. The van der Waals surface area contributed by atoms with Crippen LogP contribution in [-0.2, 0) is 9.84 Å². The van der Waals surface area contributed by atoms with Crippen molar-refractivity contribution in [3.8, 4) is 0 Å². The highest BCUT2D eigenvalue weighted by molar-refractivity contribution is 7.91. The zero-order chi connectivity index (χ0) is 10.2. The van der Waals surface area contributed by atoms with Crippen LogP contribution in [0.2, 0.25) is 0 Å². The molecule has 0 spiro atoms. The van der Waals surface area contributed by atoms with E-state index in [4.69, 9.17) is 0 Å². The average molecular weight is 217 g/mol. The predicted molar refractivity (Wildman–Crippen MR) is 57.0 cm³/mol. The Bertz CT molecular complexity index is 306. The molecule has 0 aromatic heterocycles. The normalized spacial score (nSPS) is 33.9. The van der Waals surface area contributed by atoms with Gasteiger partial charge in [-0.05, 0) is 31.1 Å². The molecule has 0 aromatic carbocycles. The molecule has 1 aliphatic carbocycles. The summed E-state index contributed by atoms with van der Waals surface area (Å²) in [5, 5.41) is 3.40. The van der Waals surface area contributed by atoms with Crippen LogP contribution in [0.4, 0.5) is 0 Å². The Kier molecular flexibility index (Phi) is 2.60. The lowest BCUT2D eigenvalue weighted by atomic mass is 10.1. The van der Waals surface area contributed by atoms with Crippen LogP contribution in [0.5, 0.6) is 0 Å². The van der Waals surface area contributed by atoms with E-state index in [1.807, 2.05) is 0 Å². The molecule has 0 amide bonds. The van der Waals surface area contributed by atoms with E-state index in [-0.39, 0.29) is 6.04 Å². The van der Waals surface area contributed by atoms with Gasteiger partial charge in [0, 0.05) is 12.6 Å². The van der Waals surface area contributed by atoms with Gasteiger partial charge in [0.05, 0.1) is 11.5 Å². The molecule has 4 heteroatoms. The van der Waals surface area contributed by atoms with Crippen LogP contribution in [0, 0.1) is 5.41 Å². The molecule has 0 bridgehead atoms. The number of nitrogens with one attached hydrogen (secondary N) is 1. The maximum absolute atomic E-state index is 11.4. The van der Waals surface area contributed by atoms with Crippen LogP contribution in [0.3, 0.4) is 0 Å². The first-order valence-corrected chi connectivity index (χ1v) is 7.25. The van der Waals surface area contributed by atoms with Crippen LogP contribution in [0.15, 0.2) is 0 Å². The van der Waals surface area contributed by atoms with Gasteiger partial charge in [0.1, 0.15) is 0 Å². The number of rotatable bonds is 3. The third kappa shape index (κ3) is 2.70. The number of hydrogen-bond acceptors (Lipinski definition) is 3. The Morgan fingerprint density at radius 2 is 2.14 bits per heavy atom. The van der Waals surface area contributed by atoms with Crippen LogP contribution in [0.1, 0.15) is 32.6 Å². The molecule has 1 heterocycles. The molecule has 1 atom stereocenters. The minimum Gasteiger partial charge on any atom is -0.312 e. The summed E-state index contributed by atoms with van der Waals surface area (Å²) in [5.41, 5.74) is 0.473. The van der Waals surface area contributed by atoms with E-state index in [0.29, 0.717) is 16.9 Å². The van der Waals surface area contributed by atoms with Gasteiger partial charge in [-0.15, -0.1) is 0 Å². The van der Waals surface area contributed by atoms with Crippen molar-refractivity contribution < 1.29 is 8.42 Å². The van der Waals surface area contributed by atoms with Crippen molar-refractivity contribution in [1.29, 1.82) is 0 Å². The summed E-state index contributed by atoms with van der Waals surface area (Å²) in [6.07, 6.45) is 4.44. The quantitative estimate of drug-likeness (QED) is 0.765. The largest absolute Gasteiger partial charge is 0.312 e. The fourth-order valence-electron chi connectivity index (χ4n) is 1.96. The zero-order valence-corrected chi connectivity index (χ0v) is 9.57. The third-order valence-electron chi connectivity index (χ3n) is 3.38. The van der Waals surface area contributed by atoms with Crippen molar-refractivity contribution in [3.05, 3.63) is 0 Å². The summed E-state index contributed by atoms with van der Waals surface area (Å²) >= 11 is 0. The van der Waals surface area contributed by atoms with E-state index in [0.717, 1.165) is 19.4 Å². The highest BCUT2D eigenvalue weighted by Crippen LogP contribution is 2.44. The number of hydrogen-bond donors (Lipinski definition) is 1. The zero-order valence-electron chi connectivity index (χ0n) is 8.75. The topological polar surface area (TPSA) is 46.2 Å². The van der Waals surface area contributed by atoms with Crippen molar-refractivity contribution in [3.63, 3.8) is 0 Å². The van der Waals surface area contributed by atoms with Crippen LogP contribution < -0.4 is 5.32 Å². The van der Waals surface area contributed by atoms with E-state index in [1.54, 1.807) is 0 Å². The molecule has 1 aliphatic heterocycles. The maximum Gasteiger partial charge on any atom is 0.151 e. The van der Waals surface area contributed by atoms with Gasteiger partial charge in [0.25, 0.3) is 0 Å². The molecule has 14 heavy (non-hydrogen) atoms. The first-order chi connectivity index (χ1) is 6.49. The molecular weight excluding hydrogens is 198 g/mol. The molecule has 1 N–H and O–H groups in total. The fraction of sp³-hybridized carbons (Fsp3) is 1.00. The molecular formula is C10H19NO2S. The van der Waals surface area contributed by atoms with Crippen LogP contribution >= 0.6 is 0 Å². The summed E-state index contributed by atoms with van der Waals surface area (Å²) < 4.78 is 22.7. The molecule has 2 aliphatic rings. The lowest BCUT2D eigenvalue weighted by molar-refractivity contribution is 0.422. The molecule has 2 fully saturated rings. The highest BCUT2D eigenvalue weighted by atomic mass is 32.2. The van der Waals surface area contributed by atoms with Crippen molar-refractivity contribution in [2.75, 3.05) is 18.1 Å². The Balaban J connectivity index is 1.80. The van der Waals surface area contributed by atoms with Gasteiger partial charge in [-0.3, -0.25) is 0 Å². The molecule has 2 rings (SSSR count). The van der Waals surface area contributed by atoms with E-state index >= 15 is 0 Å². The SMILES string of the molecule is CC1(CNC2CCCS(=O)(=O)C2)CC1. The van der Waals surface area contributed by atoms with Gasteiger partial charge in [-0.1, -0.05) is 6.92 Å². The monoisotopic (exact) mass is 217 g/mol. The van der Waals surface area contributed by atoms with Crippen molar-refractivity contribution >= 4 is 9.84 Å². The molecule has 1 saturated carbocycles. The average Bonchev–Trinajstić information content (AvgIpc) is 2.80. The maximum atomic E-state index is 11.4. The van der Waals surface area contributed by atoms with Gasteiger partial charge >= 0.3 is 0 Å². The van der Waals surface area contributed by atoms with Crippen LogP contribution in [0.25, 0.3) is 0 Å². The minimum absolute atomic E-state index is 0.214. The second-order valence-corrected chi connectivity index (χ2v) is 7.37. The highest BCUT2D eigenvalue weighted by Gasteiger charge is 2.37. The van der Waals surface area contributed by atoms with Crippen molar-refractivity contribution in [2.24, 2.45) is 5.41 Å². The molecule has 1 unspecified atom stereocenters. The molecule has 0 aromatic rings. The second-order valence-electron chi connectivity index (χ2n) is 5.15. The first-order valence-electron chi connectivity index (χ1n) is 5.43. The number of sulfone groups is 1. The summed E-state index contributed by atoms with van der Waals surface area (Å²) in [6, 6.07) is 0.214. The Hall–Kier alpha value is -0.0900. The van der Waals surface area contributed by atoms with Gasteiger partial charge in [-0.2, -0.15) is 0 Å². The predicted octanol–water partition coefficient (Wildman–Crippen LogP) is 0.953. The third-order valence-corrected chi connectivity index (χ3v) is 5.21. The van der Waals surface area contributed by atoms with Crippen molar-refractivity contribution in [2.45, 2.75) is 38.6 Å².